The van der Waals surface area contributed by atoms with Crippen LogP contribution in [0.4, 0.5) is 0 Å². The zero-order valence-corrected chi connectivity index (χ0v) is 21.1. The number of hydrogen-bond acceptors (Lipinski definition) is 5. The van der Waals surface area contributed by atoms with E-state index in [0.29, 0.717) is 41.5 Å². The van der Waals surface area contributed by atoms with Gasteiger partial charge in [-0.2, -0.15) is 0 Å². The SMILES string of the molecule is CN(C)CCCN1C(=O)C(=O)C(=C(O)c2ccc(Cl)cc2)C1c1cccc(OCc2ccccc2)c1. The molecule has 3 aromatic carbocycles. The van der Waals surface area contributed by atoms with Gasteiger partial charge < -0.3 is 19.6 Å². The van der Waals surface area contributed by atoms with E-state index in [1.807, 2.05) is 73.6 Å². The van der Waals surface area contributed by atoms with Crippen molar-refractivity contribution in [2.24, 2.45) is 0 Å². The highest BCUT2D eigenvalue weighted by molar-refractivity contribution is 6.46. The van der Waals surface area contributed by atoms with E-state index in [-0.39, 0.29) is 11.3 Å². The van der Waals surface area contributed by atoms with Crippen LogP contribution in [0.1, 0.15) is 29.2 Å². The van der Waals surface area contributed by atoms with E-state index in [1.165, 1.54) is 0 Å². The van der Waals surface area contributed by atoms with Crippen LogP contribution in [0.25, 0.3) is 5.76 Å². The molecule has 0 aromatic heterocycles. The number of hydrogen-bond donors (Lipinski definition) is 1. The minimum atomic E-state index is -0.733. The molecule has 1 N–H and O–H groups in total. The van der Waals surface area contributed by atoms with Gasteiger partial charge in [0.2, 0.25) is 0 Å². The number of carbonyl (C=O) groups excluding carboxylic acids is 2. The first-order valence-corrected chi connectivity index (χ1v) is 12.2. The average Bonchev–Trinajstić information content (AvgIpc) is 3.13. The number of carbonyl (C=O) groups is 2. The molecule has 36 heavy (non-hydrogen) atoms. The zero-order valence-electron chi connectivity index (χ0n) is 20.4. The van der Waals surface area contributed by atoms with Gasteiger partial charge in [0.05, 0.1) is 11.6 Å². The summed E-state index contributed by atoms with van der Waals surface area (Å²) >= 11 is 6.00. The second-order valence-electron chi connectivity index (χ2n) is 9.00. The summed E-state index contributed by atoms with van der Waals surface area (Å²) in [6, 6.07) is 23.0. The molecule has 1 unspecified atom stereocenters. The molecular formula is C29H29ClN2O4. The summed E-state index contributed by atoms with van der Waals surface area (Å²) in [4.78, 5) is 29.9. The van der Waals surface area contributed by atoms with E-state index in [1.54, 1.807) is 29.2 Å². The van der Waals surface area contributed by atoms with Crippen molar-refractivity contribution >= 4 is 29.1 Å². The minimum Gasteiger partial charge on any atom is -0.507 e. The third kappa shape index (κ3) is 5.78. The third-order valence-electron chi connectivity index (χ3n) is 6.08. The van der Waals surface area contributed by atoms with Crippen LogP contribution in [-0.2, 0) is 16.2 Å². The van der Waals surface area contributed by atoms with Crippen molar-refractivity contribution in [2.45, 2.75) is 19.1 Å². The number of benzene rings is 3. The molecule has 1 aliphatic heterocycles. The van der Waals surface area contributed by atoms with Gasteiger partial charge in [-0.1, -0.05) is 54.1 Å². The molecule has 7 heteroatoms. The highest BCUT2D eigenvalue weighted by Crippen LogP contribution is 2.40. The van der Waals surface area contributed by atoms with Crippen LogP contribution in [0.3, 0.4) is 0 Å². The largest absolute Gasteiger partial charge is 0.507 e. The molecule has 0 saturated carbocycles. The van der Waals surface area contributed by atoms with Gasteiger partial charge in [-0.3, -0.25) is 9.59 Å². The van der Waals surface area contributed by atoms with E-state index < -0.39 is 17.7 Å². The maximum atomic E-state index is 13.2. The fourth-order valence-electron chi connectivity index (χ4n) is 4.29. The monoisotopic (exact) mass is 504 g/mol. The Morgan fingerprint density at radius 2 is 1.72 bits per heavy atom. The molecule has 186 valence electrons. The molecule has 0 radical (unpaired) electrons. The Bertz CT molecular complexity index is 1260. The lowest BCUT2D eigenvalue weighted by atomic mass is 9.95. The number of halogens is 1. The van der Waals surface area contributed by atoms with Crippen LogP contribution < -0.4 is 4.74 Å². The van der Waals surface area contributed by atoms with Gasteiger partial charge in [-0.05, 0) is 74.6 Å². The molecule has 1 aliphatic rings. The molecule has 1 saturated heterocycles. The van der Waals surface area contributed by atoms with Crippen molar-refractivity contribution < 1.29 is 19.4 Å². The van der Waals surface area contributed by atoms with Crippen LogP contribution in [0.5, 0.6) is 5.75 Å². The Kier molecular flexibility index (Phi) is 8.08. The van der Waals surface area contributed by atoms with Crippen molar-refractivity contribution in [1.29, 1.82) is 0 Å². The third-order valence-corrected chi connectivity index (χ3v) is 6.34. The molecule has 6 nitrogen and oxygen atoms in total. The Labute approximate surface area is 216 Å². The minimum absolute atomic E-state index is 0.0624. The van der Waals surface area contributed by atoms with E-state index in [9.17, 15) is 14.7 Å². The number of likely N-dealkylation sites (tertiary alicyclic amines) is 1. The Morgan fingerprint density at radius 3 is 2.42 bits per heavy atom. The summed E-state index contributed by atoms with van der Waals surface area (Å²) < 4.78 is 6.00. The molecule has 0 bridgehead atoms. The van der Waals surface area contributed by atoms with Gasteiger partial charge in [0.25, 0.3) is 11.7 Å². The molecule has 0 aliphatic carbocycles. The first-order chi connectivity index (χ1) is 17.3. The normalized spacial score (nSPS) is 17.1. The number of ketones is 1. The van der Waals surface area contributed by atoms with Crippen LogP contribution >= 0.6 is 11.6 Å². The molecule has 3 aromatic rings. The fraction of sp³-hybridized carbons (Fsp3) is 0.241. The highest BCUT2D eigenvalue weighted by atomic mass is 35.5. The lowest BCUT2D eigenvalue weighted by molar-refractivity contribution is -0.139. The average molecular weight is 505 g/mol. The van der Waals surface area contributed by atoms with Crippen molar-refractivity contribution in [3.63, 3.8) is 0 Å². The van der Waals surface area contributed by atoms with Crippen LogP contribution in [0.15, 0.2) is 84.4 Å². The van der Waals surface area contributed by atoms with Gasteiger partial charge in [-0.25, -0.2) is 0 Å². The van der Waals surface area contributed by atoms with Crippen molar-refractivity contribution in [3.05, 3.63) is 106 Å². The Hall–Kier alpha value is -3.61. The number of amides is 1. The number of rotatable bonds is 9. The summed E-state index contributed by atoms with van der Waals surface area (Å²) in [5, 5.41) is 11.7. The lowest BCUT2D eigenvalue weighted by Crippen LogP contribution is -2.32. The first-order valence-electron chi connectivity index (χ1n) is 11.8. The molecule has 4 rings (SSSR count). The summed E-state index contributed by atoms with van der Waals surface area (Å²) in [6.07, 6.45) is 0.682. The van der Waals surface area contributed by atoms with Crippen molar-refractivity contribution in [1.82, 2.24) is 9.80 Å². The zero-order chi connectivity index (χ0) is 25.7. The Balaban J connectivity index is 1.71. The molecular weight excluding hydrogens is 476 g/mol. The highest BCUT2D eigenvalue weighted by Gasteiger charge is 2.45. The number of Topliss-reactive ketones (excluding diaryl/α,β-unsaturated/α-hetero) is 1. The smallest absolute Gasteiger partial charge is 0.295 e. The predicted molar refractivity (Wildman–Crippen MR) is 141 cm³/mol. The standard InChI is InChI=1S/C29H29ClN2O4/c1-31(2)16-7-17-32-26(22-10-6-11-24(18-22)36-19-20-8-4-3-5-9-20)25(28(34)29(32)35)27(33)21-12-14-23(30)15-13-21/h3-6,8-15,18,26,33H,7,16-17,19H2,1-2H3. The van der Waals surface area contributed by atoms with E-state index in [2.05, 4.69) is 0 Å². The van der Waals surface area contributed by atoms with Crippen LogP contribution in [0, 0.1) is 0 Å². The van der Waals surface area contributed by atoms with E-state index in [4.69, 9.17) is 16.3 Å². The molecule has 1 heterocycles. The summed E-state index contributed by atoms with van der Waals surface area (Å²) in [5.74, 6) is -0.930. The van der Waals surface area contributed by atoms with E-state index in [0.717, 1.165) is 12.1 Å². The number of nitrogens with zero attached hydrogens (tertiary/aromatic N) is 2. The summed E-state index contributed by atoms with van der Waals surface area (Å²) in [6.45, 7) is 1.52. The van der Waals surface area contributed by atoms with Crippen molar-refractivity contribution in [2.75, 3.05) is 27.2 Å². The maximum absolute atomic E-state index is 13.2. The van der Waals surface area contributed by atoms with Gasteiger partial charge >= 0.3 is 0 Å². The quantitative estimate of drug-likeness (QED) is 0.243. The summed E-state index contributed by atoms with van der Waals surface area (Å²) in [5.41, 5.74) is 2.21. The molecule has 1 atom stereocenters. The second-order valence-corrected chi connectivity index (χ2v) is 9.44. The van der Waals surface area contributed by atoms with Crippen LogP contribution in [0.2, 0.25) is 5.02 Å². The second kappa shape index (κ2) is 11.4. The predicted octanol–water partition coefficient (Wildman–Crippen LogP) is 5.29. The number of ether oxygens (including phenoxy) is 1. The fourth-order valence-corrected chi connectivity index (χ4v) is 4.42. The molecule has 0 spiro atoms. The molecule has 1 fully saturated rings. The Morgan fingerprint density at radius 1 is 1.00 bits per heavy atom. The van der Waals surface area contributed by atoms with Gasteiger partial charge in [0, 0.05) is 17.1 Å². The first kappa shape index (κ1) is 25.5. The van der Waals surface area contributed by atoms with Gasteiger partial charge in [0.15, 0.2) is 0 Å². The van der Waals surface area contributed by atoms with Crippen LogP contribution in [-0.4, -0.2) is 53.8 Å². The number of aliphatic hydroxyl groups is 1. The van der Waals surface area contributed by atoms with Gasteiger partial charge in [0.1, 0.15) is 18.1 Å². The molecule has 1 amide bonds. The summed E-state index contributed by atoms with van der Waals surface area (Å²) in [7, 11) is 3.92. The lowest BCUT2D eigenvalue weighted by Gasteiger charge is -2.26. The van der Waals surface area contributed by atoms with E-state index >= 15 is 0 Å². The van der Waals surface area contributed by atoms with Crippen molar-refractivity contribution in [3.8, 4) is 5.75 Å². The topological polar surface area (TPSA) is 70.1 Å². The maximum Gasteiger partial charge on any atom is 0.295 e. The van der Waals surface area contributed by atoms with Gasteiger partial charge in [-0.15, -0.1) is 0 Å². The number of aliphatic hydroxyl groups excluding tert-OH is 1.